The molecule has 0 aromatic heterocycles. The van der Waals surface area contributed by atoms with E-state index < -0.39 is 0 Å². The van der Waals surface area contributed by atoms with E-state index in [0.29, 0.717) is 0 Å². The molecule has 0 spiro atoms. The molecule has 0 aliphatic rings. The first kappa shape index (κ1) is 21.1. The topological polar surface area (TPSA) is 37.4 Å². The first-order valence-corrected chi connectivity index (χ1v) is 6.85. The number of hydrogen-bond donors (Lipinski definition) is 0. The zero-order valence-corrected chi connectivity index (χ0v) is 14.4. The molecule has 0 N–H and O–H groups in total. The predicted molar refractivity (Wildman–Crippen MR) is 86.8 cm³/mol. The highest BCUT2D eigenvalue weighted by Crippen LogP contribution is 2.15. The molecule has 3 heteroatoms. The van der Waals surface area contributed by atoms with Gasteiger partial charge in [0.1, 0.15) is 0 Å². The highest BCUT2D eigenvalue weighted by atomic mass is 16.1. The van der Waals surface area contributed by atoms with Gasteiger partial charge in [-0.25, -0.2) is 0 Å². The van der Waals surface area contributed by atoms with E-state index in [4.69, 9.17) is 0 Å². The van der Waals surface area contributed by atoms with Crippen molar-refractivity contribution in [2.24, 2.45) is 10.8 Å². The number of hydrogen-bond acceptors (Lipinski definition) is 3. The Labute approximate surface area is 124 Å². The van der Waals surface area contributed by atoms with Crippen LogP contribution in [-0.4, -0.2) is 37.1 Å². The normalized spacial score (nSPS) is 12.1. The van der Waals surface area contributed by atoms with E-state index in [2.05, 4.69) is 6.58 Å². The third-order valence-electron chi connectivity index (χ3n) is 2.40. The molecule has 0 amide bonds. The summed E-state index contributed by atoms with van der Waals surface area (Å²) in [6, 6.07) is 0. The predicted octanol–water partition coefficient (Wildman–Crippen LogP) is 3.51. The number of carbonyl (C=O) groups is 2. The number of nitrogens with zero attached hydrogens (tertiary/aromatic N) is 1. The van der Waals surface area contributed by atoms with Gasteiger partial charge in [-0.1, -0.05) is 54.2 Å². The smallest absolute Gasteiger partial charge is 0.160 e. The fourth-order valence-corrected chi connectivity index (χ4v) is 0.927. The van der Waals surface area contributed by atoms with E-state index in [1.54, 1.807) is 6.08 Å². The molecule has 0 aliphatic carbocycles. The van der Waals surface area contributed by atoms with Crippen molar-refractivity contribution in [3.63, 3.8) is 0 Å². The van der Waals surface area contributed by atoms with E-state index >= 15 is 0 Å². The van der Waals surface area contributed by atoms with Crippen molar-refractivity contribution < 1.29 is 9.59 Å². The van der Waals surface area contributed by atoms with E-state index in [0.717, 1.165) is 6.54 Å². The molecule has 0 fully saturated rings. The maximum Gasteiger partial charge on any atom is 0.160 e. The molecule has 0 heterocycles. The maximum atomic E-state index is 11.3. The first-order valence-electron chi connectivity index (χ1n) is 6.85. The molecule has 0 rings (SSSR count). The van der Waals surface area contributed by atoms with Crippen LogP contribution in [0.2, 0.25) is 0 Å². The van der Waals surface area contributed by atoms with Crippen LogP contribution in [0.4, 0.5) is 0 Å². The lowest BCUT2D eigenvalue weighted by molar-refractivity contribution is -0.122. The van der Waals surface area contributed by atoms with Crippen LogP contribution in [0.1, 0.15) is 41.5 Å². The molecular weight excluding hydrogens is 250 g/mol. The minimum atomic E-state index is -0.248. The van der Waals surface area contributed by atoms with Gasteiger partial charge in [-0.05, 0) is 26.2 Å². The van der Waals surface area contributed by atoms with Gasteiger partial charge in [0.2, 0.25) is 0 Å². The minimum absolute atomic E-state index is 0.0949. The maximum absolute atomic E-state index is 11.3. The molecule has 0 saturated carbocycles. The number of allylic oxidation sites excluding steroid dienone is 2. The van der Waals surface area contributed by atoms with E-state index in [9.17, 15) is 9.59 Å². The van der Waals surface area contributed by atoms with Crippen molar-refractivity contribution in [2.75, 3.05) is 20.6 Å². The van der Waals surface area contributed by atoms with E-state index in [1.807, 2.05) is 66.6 Å². The van der Waals surface area contributed by atoms with Crippen LogP contribution in [0.25, 0.3) is 0 Å². The quantitative estimate of drug-likeness (QED) is 0.740. The molecule has 116 valence electrons. The summed E-state index contributed by atoms with van der Waals surface area (Å²) in [4.78, 5) is 24.1. The number of carbonyl (C=O) groups excluding carboxylic acids is 2. The number of ketones is 2. The van der Waals surface area contributed by atoms with E-state index in [1.165, 1.54) is 6.08 Å². The lowest BCUT2D eigenvalue weighted by Crippen LogP contribution is -2.18. The van der Waals surface area contributed by atoms with Crippen LogP contribution in [0.5, 0.6) is 0 Å². The summed E-state index contributed by atoms with van der Waals surface area (Å²) in [7, 11) is 3.96. The highest BCUT2D eigenvalue weighted by Gasteiger charge is 2.17. The van der Waals surface area contributed by atoms with Crippen molar-refractivity contribution in [3.05, 3.63) is 24.8 Å². The second kappa shape index (κ2) is 8.85. The molecule has 3 nitrogen and oxygen atoms in total. The van der Waals surface area contributed by atoms with Gasteiger partial charge in [0, 0.05) is 17.4 Å². The average Bonchev–Trinajstić information content (AvgIpc) is 2.25. The fourth-order valence-electron chi connectivity index (χ4n) is 0.927. The first-order chi connectivity index (χ1) is 8.82. The summed E-state index contributed by atoms with van der Waals surface area (Å²) in [5.74, 6) is 0.279. The Morgan fingerprint density at radius 2 is 1.35 bits per heavy atom. The Balaban J connectivity index is 0. The van der Waals surface area contributed by atoms with Gasteiger partial charge in [0.05, 0.1) is 0 Å². The molecule has 0 atom stereocenters. The summed E-state index contributed by atoms with van der Waals surface area (Å²) >= 11 is 0. The van der Waals surface area contributed by atoms with Crippen molar-refractivity contribution in [1.29, 1.82) is 0 Å². The minimum Gasteiger partial charge on any atom is -0.306 e. The molecule has 0 aromatic rings. The summed E-state index contributed by atoms with van der Waals surface area (Å²) < 4.78 is 0. The Morgan fingerprint density at radius 1 is 0.950 bits per heavy atom. The van der Waals surface area contributed by atoms with Crippen LogP contribution in [0.15, 0.2) is 24.8 Å². The molecule has 0 aliphatic heterocycles. The zero-order valence-electron chi connectivity index (χ0n) is 14.4. The molecule has 0 aromatic carbocycles. The third-order valence-corrected chi connectivity index (χ3v) is 2.40. The monoisotopic (exact) mass is 281 g/mol. The Hall–Kier alpha value is -1.22. The van der Waals surface area contributed by atoms with Crippen LogP contribution < -0.4 is 0 Å². The highest BCUT2D eigenvalue weighted by molar-refractivity contribution is 5.94. The van der Waals surface area contributed by atoms with Gasteiger partial charge in [-0.2, -0.15) is 0 Å². The van der Waals surface area contributed by atoms with Crippen LogP contribution in [-0.2, 0) is 9.59 Å². The van der Waals surface area contributed by atoms with E-state index in [-0.39, 0.29) is 22.4 Å². The summed E-state index contributed by atoms with van der Waals surface area (Å²) in [5, 5.41) is 0. The van der Waals surface area contributed by atoms with Gasteiger partial charge in [0.15, 0.2) is 11.6 Å². The lowest BCUT2D eigenvalue weighted by Gasteiger charge is -2.13. The van der Waals surface area contributed by atoms with Gasteiger partial charge >= 0.3 is 0 Å². The molecule has 20 heavy (non-hydrogen) atoms. The van der Waals surface area contributed by atoms with Gasteiger partial charge in [0.25, 0.3) is 0 Å². The van der Waals surface area contributed by atoms with Crippen LogP contribution in [0.3, 0.4) is 0 Å². The molecular formula is C17H31NO2. The fraction of sp³-hybridized carbons (Fsp3) is 0.647. The van der Waals surface area contributed by atoms with Gasteiger partial charge in [-0.3, -0.25) is 9.59 Å². The second-order valence-electron chi connectivity index (χ2n) is 7.10. The summed E-state index contributed by atoms with van der Waals surface area (Å²) in [5.41, 5.74) is -0.495. The van der Waals surface area contributed by atoms with Crippen molar-refractivity contribution in [2.45, 2.75) is 41.5 Å². The Morgan fingerprint density at radius 3 is 1.55 bits per heavy atom. The summed E-state index contributed by atoms with van der Waals surface area (Å²) in [6.45, 7) is 15.6. The van der Waals surface area contributed by atoms with Crippen molar-refractivity contribution in [3.8, 4) is 0 Å². The van der Waals surface area contributed by atoms with Crippen LogP contribution in [0, 0.1) is 10.8 Å². The molecule has 0 radical (unpaired) electrons. The molecule has 0 bridgehead atoms. The van der Waals surface area contributed by atoms with Crippen molar-refractivity contribution >= 4 is 11.6 Å². The third kappa shape index (κ3) is 11.8. The zero-order chi connectivity index (χ0) is 16.6. The van der Waals surface area contributed by atoms with Gasteiger partial charge in [-0.15, -0.1) is 0 Å². The van der Waals surface area contributed by atoms with Crippen molar-refractivity contribution in [1.82, 2.24) is 4.90 Å². The largest absolute Gasteiger partial charge is 0.306 e. The molecule has 0 unspecified atom stereocenters. The number of likely N-dealkylation sites (N-methyl/N-ethyl adjacent to an activating group) is 1. The standard InChI is InChI=1S/C10H19NO.C7H12O/c1-10(2,3)9(12)7-6-8-11(4)5;1-5-6(8)7(2,3)4/h6-7H,8H2,1-5H3;5H,1H2,2-4H3/b7-6+;. The SMILES string of the molecule is C=CC(=O)C(C)(C)C.CN(C)C/C=C/C(=O)C(C)(C)C. The number of rotatable bonds is 4. The Kier molecular flexibility index (Phi) is 9.33. The Bertz CT molecular complexity index is 352. The van der Waals surface area contributed by atoms with Crippen LogP contribution >= 0.6 is 0 Å². The lowest BCUT2D eigenvalue weighted by atomic mass is 9.91. The summed E-state index contributed by atoms with van der Waals surface area (Å²) in [6.07, 6.45) is 4.92. The molecule has 0 saturated heterocycles. The van der Waals surface area contributed by atoms with Gasteiger partial charge < -0.3 is 4.90 Å². The second-order valence-corrected chi connectivity index (χ2v) is 7.10. The average molecular weight is 281 g/mol.